The molecule has 0 bridgehead atoms. The van der Waals surface area contributed by atoms with Crippen molar-refractivity contribution in [2.24, 2.45) is 29.6 Å². The Balaban J connectivity index is 1.24. The number of alkyl carbamates (subject to hydrolysis) is 1. The van der Waals surface area contributed by atoms with Crippen LogP contribution in [0.15, 0.2) is 48.5 Å². The third kappa shape index (κ3) is 8.29. The monoisotopic (exact) mass is 539 g/mol. The number of carbonyl (C=O) groups is 2. The molecule has 7 heteroatoms. The zero-order valence-corrected chi connectivity index (χ0v) is 24.0. The molecule has 2 aromatic carbocycles. The van der Waals surface area contributed by atoms with Crippen molar-refractivity contribution < 1.29 is 28.9 Å². The van der Waals surface area contributed by atoms with Crippen molar-refractivity contribution in [2.45, 2.75) is 47.0 Å². The molecule has 1 aliphatic rings. The van der Waals surface area contributed by atoms with Crippen LogP contribution in [0.4, 0.5) is 4.79 Å². The van der Waals surface area contributed by atoms with E-state index in [4.69, 9.17) is 14.2 Å². The van der Waals surface area contributed by atoms with Crippen molar-refractivity contribution in [3.05, 3.63) is 59.7 Å². The predicted octanol–water partition coefficient (Wildman–Crippen LogP) is 6.21. The van der Waals surface area contributed by atoms with Gasteiger partial charge in [0.05, 0.1) is 25.7 Å². The van der Waals surface area contributed by atoms with E-state index in [-0.39, 0.29) is 17.8 Å². The first-order chi connectivity index (χ1) is 18.7. The number of fused-ring (bicyclic) bond motifs is 3. The van der Waals surface area contributed by atoms with Crippen molar-refractivity contribution in [1.29, 1.82) is 0 Å². The van der Waals surface area contributed by atoms with Crippen molar-refractivity contribution in [2.75, 3.05) is 39.6 Å². The van der Waals surface area contributed by atoms with E-state index < -0.39 is 12.1 Å². The van der Waals surface area contributed by atoms with Crippen LogP contribution in [0.25, 0.3) is 11.1 Å². The van der Waals surface area contributed by atoms with Crippen LogP contribution in [0.5, 0.6) is 0 Å². The molecule has 2 N–H and O–H groups in total. The van der Waals surface area contributed by atoms with Gasteiger partial charge in [-0.25, -0.2) is 4.79 Å². The number of aliphatic carboxylic acids is 1. The summed E-state index contributed by atoms with van der Waals surface area (Å²) < 4.78 is 16.8. The van der Waals surface area contributed by atoms with Crippen LogP contribution in [0.1, 0.15) is 58.1 Å². The normalized spacial score (nSPS) is 16.4. The van der Waals surface area contributed by atoms with Crippen LogP contribution in [-0.4, -0.2) is 56.7 Å². The third-order valence-electron chi connectivity index (χ3n) is 8.68. The van der Waals surface area contributed by atoms with Crippen molar-refractivity contribution in [3.8, 4) is 11.1 Å². The molecule has 0 spiro atoms. The molecule has 5 atom stereocenters. The van der Waals surface area contributed by atoms with Crippen LogP contribution < -0.4 is 5.32 Å². The summed E-state index contributed by atoms with van der Waals surface area (Å²) in [5.74, 6) is 0.251. The smallest absolute Gasteiger partial charge is 0.407 e. The van der Waals surface area contributed by atoms with Crippen LogP contribution in [-0.2, 0) is 19.0 Å². The van der Waals surface area contributed by atoms with E-state index in [9.17, 15) is 14.7 Å². The van der Waals surface area contributed by atoms with E-state index in [1.54, 1.807) is 6.92 Å². The number of rotatable bonds is 16. The fourth-order valence-corrected chi connectivity index (χ4v) is 5.41. The zero-order chi connectivity index (χ0) is 28.4. The third-order valence-corrected chi connectivity index (χ3v) is 8.68. The van der Waals surface area contributed by atoms with Gasteiger partial charge in [-0.15, -0.1) is 0 Å². The molecule has 0 saturated carbocycles. The molecule has 214 valence electrons. The van der Waals surface area contributed by atoms with E-state index in [2.05, 4.69) is 50.4 Å². The molecule has 7 nitrogen and oxygen atoms in total. The topological polar surface area (TPSA) is 94.1 Å². The maximum Gasteiger partial charge on any atom is 0.407 e. The quantitative estimate of drug-likeness (QED) is 0.246. The van der Waals surface area contributed by atoms with Gasteiger partial charge in [-0.2, -0.15) is 0 Å². The summed E-state index contributed by atoms with van der Waals surface area (Å²) >= 11 is 0. The molecule has 0 radical (unpaired) electrons. The molecule has 0 saturated heterocycles. The SMILES string of the molecule is CC(CCOCCOCCNC(=O)OCC1c2ccccc2-c2ccccc21)[C@H](C)[C@@H](C)[C@@H](C)[C@H](C)C(=O)O. The number of ether oxygens (including phenoxy) is 3. The van der Waals surface area contributed by atoms with Gasteiger partial charge in [0.25, 0.3) is 0 Å². The lowest BCUT2D eigenvalue weighted by atomic mass is 9.73. The number of amides is 1. The van der Waals surface area contributed by atoms with Gasteiger partial charge < -0.3 is 24.6 Å². The number of hydrogen-bond donors (Lipinski definition) is 2. The highest BCUT2D eigenvalue weighted by molar-refractivity contribution is 5.79. The van der Waals surface area contributed by atoms with Gasteiger partial charge in [0.15, 0.2) is 0 Å². The summed E-state index contributed by atoms with van der Waals surface area (Å²) in [5.41, 5.74) is 4.79. The molecule has 1 amide bonds. The Morgan fingerprint density at radius 2 is 1.36 bits per heavy atom. The molecule has 1 unspecified atom stereocenters. The summed E-state index contributed by atoms with van der Waals surface area (Å²) in [6.45, 7) is 13.0. The Morgan fingerprint density at radius 1 is 0.795 bits per heavy atom. The first-order valence-electron chi connectivity index (χ1n) is 14.2. The van der Waals surface area contributed by atoms with Gasteiger partial charge in [0, 0.05) is 19.1 Å². The zero-order valence-electron chi connectivity index (χ0n) is 24.0. The molecule has 39 heavy (non-hydrogen) atoms. The van der Waals surface area contributed by atoms with Crippen molar-refractivity contribution in [1.82, 2.24) is 5.32 Å². The highest BCUT2D eigenvalue weighted by Gasteiger charge is 2.30. The Hall–Kier alpha value is -2.90. The lowest BCUT2D eigenvalue weighted by Crippen LogP contribution is -2.30. The van der Waals surface area contributed by atoms with E-state index in [1.807, 2.05) is 31.2 Å². The van der Waals surface area contributed by atoms with Crippen LogP contribution in [0.3, 0.4) is 0 Å². The van der Waals surface area contributed by atoms with Crippen LogP contribution >= 0.6 is 0 Å². The fraction of sp³-hybridized carbons (Fsp3) is 0.562. The molecule has 0 aromatic heterocycles. The molecular formula is C32H45NO6. The fourth-order valence-electron chi connectivity index (χ4n) is 5.41. The highest BCUT2D eigenvalue weighted by atomic mass is 16.6. The Bertz CT molecular complexity index is 1030. The van der Waals surface area contributed by atoms with Gasteiger partial charge in [0.2, 0.25) is 0 Å². The summed E-state index contributed by atoms with van der Waals surface area (Å²) in [6, 6.07) is 16.5. The number of hydrogen-bond acceptors (Lipinski definition) is 5. The number of carboxylic acid groups (broad SMARTS) is 1. The number of carboxylic acids is 1. The van der Waals surface area contributed by atoms with E-state index >= 15 is 0 Å². The molecule has 1 aliphatic carbocycles. The summed E-state index contributed by atoms with van der Waals surface area (Å²) in [5, 5.41) is 12.0. The standard InChI is InChI=1S/C32H45NO6/c1-21(22(2)23(3)24(4)25(5)31(34)35)14-16-37-18-19-38-17-15-33-32(36)39-20-30-28-12-8-6-10-26(28)27-11-7-9-13-29(27)30/h6-13,21-25,30H,14-20H2,1-5H3,(H,33,36)(H,34,35)/t21?,22-,23+,24+,25-/m0/s1. The molecule has 2 aromatic rings. The second-order valence-electron chi connectivity index (χ2n) is 10.9. The average Bonchev–Trinajstić information content (AvgIpc) is 3.26. The summed E-state index contributed by atoms with van der Waals surface area (Å²) in [4.78, 5) is 23.5. The molecule has 3 rings (SSSR count). The molecule has 0 aliphatic heterocycles. The lowest BCUT2D eigenvalue weighted by molar-refractivity contribution is -0.143. The van der Waals surface area contributed by atoms with E-state index in [0.29, 0.717) is 57.3 Å². The largest absolute Gasteiger partial charge is 0.481 e. The minimum Gasteiger partial charge on any atom is -0.481 e. The number of carbonyl (C=O) groups excluding carboxylic acids is 1. The van der Waals surface area contributed by atoms with Crippen LogP contribution in [0.2, 0.25) is 0 Å². The predicted molar refractivity (Wildman–Crippen MR) is 153 cm³/mol. The van der Waals surface area contributed by atoms with Gasteiger partial charge in [0.1, 0.15) is 6.61 Å². The maximum atomic E-state index is 12.2. The van der Waals surface area contributed by atoms with Gasteiger partial charge >= 0.3 is 12.1 Å². The first kappa shape index (κ1) is 30.6. The Morgan fingerprint density at radius 3 is 1.95 bits per heavy atom. The van der Waals surface area contributed by atoms with Gasteiger partial charge in [-0.05, 0) is 52.3 Å². The Labute approximate surface area is 233 Å². The Kier molecular flexibility index (Phi) is 11.8. The molecular weight excluding hydrogens is 494 g/mol. The molecule has 0 fully saturated rings. The summed E-state index contributed by atoms with van der Waals surface area (Å²) in [7, 11) is 0. The minimum absolute atomic E-state index is 0.0437. The lowest BCUT2D eigenvalue weighted by Gasteiger charge is -2.32. The van der Waals surface area contributed by atoms with Crippen molar-refractivity contribution in [3.63, 3.8) is 0 Å². The second kappa shape index (κ2) is 15.0. The second-order valence-corrected chi connectivity index (χ2v) is 10.9. The minimum atomic E-state index is -0.731. The van der Waals surface area contributed by atoms with Crippen molar-refractivity contribution >= 4 is 12.1 Å². The van der Waals surface area contributed by atoms with E-state index in [0.717, 1.165) is 6.42 Å². The highest BCUT2D eigenvalue weighted by Crippen LogP contribution is 2.44. The van der Waals surface area contributed by atoms with Gasteiger partial charge in [-0.1, -0.05) is 83.1 Å². The van der Waals surface area contributed by atoms with Crippen LogP contribution in [0, 0.1) is 29.6 Å². The number of nitrogens with one attached hydrogen (secondary N) is 1. The first-order valence-corrected chi connectivity index (χ1v) is 14.2. The van der Waals surface area contributed by atoms with Gasteiger partial charge in [-0.3, -0.25) is 4.79 Å². The summed E-state index contributed by atoms with van der Waals surface area (Å²) in [6.07, 6.45) is 0.476. The maximum absolute atomic E-state index is 12.2. The van der Waals surface area contributed by atoms with E-state index in [1.165, 1.54) is 22.3 Å². The average molecular weight is 540 g/mol. The molecule has 0 heterocycles. The number of benzene rings is 2.